The Labute approximate surface area is 110 Å². The topological polar surface area (TPSA) is 53.1 Å². The van der Waals surface area contributed by atoms with E-state index >= 15 is 0 Å². The zero-order valence-corrected chi connectivity index (χ0v) is 12.0. The molecule has 1 aromatic heterocycles. The molecule has 5 heteroatoms. The minimum atomic E-state index is 0.794. The monoisotopic (exact) mass is 251 g/mol. The molecule has 1 rings (SSSR count). The number of hydrogen-bond donors (Lipinski definition) is 2. The average Bonchev–Trinajstić information content (AvgIpc) is 2.35. The Morgan fingerprint density at radius 3 is 2.28 bits per heavy atom. The van der Waals surface area contributed by atoms with Crippen molar-refractivity contribution in [1.82, 2.24) is 14.9 Å². The highest BCUT2D eigenvalue weighted by molar-refractivity contribution is 5.47. The molecule has 5 nitrogen and oxygen atoms in total. The van der Waals surface area contributed by atoms with Crippen LogP contribution in [0.2, 0.25) is 0 Å². The number of aryl methyl sites for hydroxylation is 1. The second-order valence-corrected chi connectivity index (χ2v) is 4.44. The summed E-state index contributed by atoms with van der Waals surface area (Å²) in [7, 11) is 2.11. The Balaban J connectivity index is 2.51. The van der Waals surface area contributed by atoms with Crippen molar-refractivity contribution in [2.75, 3.05) is 43.9 Å². The van der Waals surface area contributed by atoms with Crippen molar-refractivity contribution in [2.24, 2.45) is 0 Å². The largest absolute Gasteiger partial charge is 0.370 e. The molecule has 1 aromatic rings. The molecule has 0 spiro atoms. The van der Waals surface area contributed by atoms with Crippen molar-refractivity contribution in [3.8, 4) is 0 Å². The van der Waals surface area contributed by atoms with Crippen LogP contribution in [0.5, 0.6) is 0 Å². The van der Waals surface area contributed by atoms with E-state index in [4.69, 9.17) is 0 Å². The lowest BCUT2D eigenvalue weighted by Crippen LogP contribution is -2.25. The molecule has 0 aromatic carbocycles. The van der Waals surface area contributed by atoms with Gasteiger partial charge in [0.1, 0.15) is 17.5 Å². The second kappa shape index (κ2) is 7.87. The van der Waals surface area contributed by atoms with E-state index in [-0.39, 0.29) is 0 Å². The Hall–Kier alpha value is -1.36. The first kappa shape index (κ1) is 14.7. The Bertz CT molecular complexity index is 353. The SMILES string of the molecule is CCCNc1cc(NCCN(C)CC)nc(C)n1. The predicted molar refractivity (Wildman–Crippen MR) is 77.2 cm³/mol. The van der Waals surface area contributed by atoms with Crippen LogP contribution in [0.15, 0.2) is 6.07 Å². The van der Waals surface area contributed by atoms with Crippen LogP contribution in [0.4, 0.5) is 11.6 Å². The first-order chi connectivity index (χ1) is 8.65. The van der Waals surface area contributed by atoms with Gasteiger partial charge >= 0.3 is 0 Å². The lowest BCUT2D eigenvalue weighted by atomic mass is 10.4. The predicted octanol–water partition coefficient (Wildman–Crippen LogP) is 1.97. The van der Waals surface area contributed by atoms with Gasteiger partial charge in [0.15, 0.2) is 0 Å². The molecule has 0 bridgehead atoms. The molecular weight excluding hydrogens is 226 g/mol. The third kappa shape index (κ3) is 5.31. The van der Waals surface area contributed by atoms with Crippen molar-refractivity contribution in [1.29, 1.82) is 0 Å². The maximum atomic E-state index is 4.38. The number of likely N-dealkylation sites (N-methyl/N-ethyl adjacent to an activating group) is 1. The molecule has 0 amide bonds. The molecule has 0 aliphatic rings. The van der Waals surface area contributed by atoms with Gasteiger partial charge in [-0.3, -0.25) is 0 Å². The highest BCUT2D eigenvalue weighted by atomic mass is 15.1. The van der Waals surface area contributed by atoms with Crippen molar-refractivity contribution in [2.45, 2.75) is 27.2 Å². The van der Waals surface area contributed by atoms with Gasteiger partial charge in [0.05, 0.1) is 0 Å². The summed E-state index contributed by atoms with van der Waals surface area (Å²) in [6, 6.07) is 1.97. The number of hydrogen-bond acceptors (Lipinski definition) is 5. The van der Waals surface area contributed by atoms with Crippen LogP contribution in [-0.4, -0.2) is 48.1 Å². The standard InChI is InChI=1S/C13H25N5/c1-5-7-14-12-10-13(17-11(3)16-12)15-8-9-18(4)6-2/h10H,5-9H2,1-4H3,(H2,14,15,16,17). The maximum Gasteiger partial charge on any atom is 0.131 e. The summed E-state index contributed by atoms with van der Waals surface area (Å²) >= 11 is 0. The summed E-state index contributed by atoms with van der Waals surface area (Å²) in [5.74, 6) is 2.59. The minimum absolute atomic E-state index is 0.794. The fourth-order valence-electron chi connectivity index (χ4n) is 1.53. The van der Waals surface area contributed by atoms with Gasteiger partial charge in [-0.1, -0.05) is 13.8 Å². The quantitative estimate of drug-likeness (QED) is 0.740. The van der Waals surface area contributed by atoms with Gasteiger partial charge in [-0.25, -0.2) is 9.97 Å². The van der Waals surface area contributed by atoms with Crippen LogP contribution in [0, 0.1) is 6.92 Å². The molecule has 1 heterocycles. The number of anilines is 2. The molecular formula is C13H25N5. The van der Waals surface area contributed by atoms with Gasteiger partial charge in [0.25, 0.3) is 0 Å². The number of nitrogens with one attached hydrogen (secondary N) is 2. The van der Waals surface area contributed by atoms with E-state index < -0.39 is 0 Å². The second-order valence-electron chi connectivity index (χ2n) is 4.44. The summed E-state index contributed by atoms with van der Waals surface area (Å²) in [4.78, 5) is 11.0. The third-order valence-corrected chi connectivity index (χ3v) is 2.73. The third-order valence-electron chi connectivity index (χ3n) is 2.73. The average molecular weight is 251 g/mol. The van der Waals surface area contributed by atoms with Crippen LogP contribution in [0.25, 0.3) is 0 Å². The molecule has 2 N–H and O–H groups in total. The Morgan fingerprint density at radius 1 is 1.11 bits per heavy atom. The van der Waals surface area contributed by atoms with Gasteiger partial charge in [-0.2, -0.15) is 0 Å². The van der Waals surface area contributed by atoms with Crippen molar-refractivity contribution >= 4 is 11.6 Å². The van der Waals surface area contributed by atoms with E-state index in [1.807, 2.05) is 13.0 Å². The van der Waals surface area contributed by atoms with E-state index in [0.29, 0.717) is 0 Å². The summed E-state index contributed by atoms with van der Waals surface area (Å²) in [6.45, 7) is 10.1. The lowest BCUT2D eigenvalue weighted by Gasteiger charge is -2.15. The van der Waals surface area contributed by atoms with E-state index in [9.17, 15) is 0 Å². The Morgan fingerprint density at radius 2 is 1.72 bits per heavy atom. The number of rotatable bonds is 8. The molecule has 0 saturated carbocycles. The molecule has 0 radical (unpaired) electrons. The van der Waals surface area contributed by atoms with Crippen LogP contribution in [0.3, 0.4) is 0 Å². The molecule has 0 aliphatic heterocycles. The fraction of sp³-hybridized carbons (Fsp3) is 0.692. The van der Waals surface area contributed by atoms with Gasteiger partial charge in [0, 0.05) is 25.7 Å². The zero-order valence-electron chi connectivity index (χ0n) is 12.0. The normalized spacial score (nSPS) is 10.7. The van der Waals surface area contributed by atoms with E-state index in [0.717, 1.165) is 50.1 Å². The lowest BCUT2D eigenvalue weighted by molar-refractivity contribution is 0.367. The minimum Gasteiger partial charge on any atom is -0.370 e. The van der Waals surface area contributed by atoms with Gasteiger partial charge in [0.2, 0.25) is 0 Å². The summed E-state index contributed by atoms with van der Waals surface area (Å²) in [5, 5.41) is 6.62. The first-order valence-corrected chi connectivity index (χ1v) is 6.67. The van der Waals surface area contributed by atoms with Crippen molar-refractivity contribution < 1.29 is 0 Å². The van der Waals surface area contributed by atoms with Gasteiger partial charge in [-0.05, 0) is 26.9 Å². The van der Waals surface area contributed by atoms with E-state index in [1.54, 1.807) is 0 Å². The summed E-state index contributed by atoms with van der Waals surface area (Å²) in [5.41, 5.74) is 0. The first-order valence-electron chi connectivity index (χ1n) is 6.67. The molecule has 0 atom stereocenters. The van der Waals surface area contributed by atoms with Crippen LogP contribution in [-0.2, 0) is 0 Å². The highest BCUT2D eigenvalue weighted by Crippen LogP contribution is 2.10. The van der Waals surface area contributed by atoms with Crippen LogP contribution < -0.4 is 10.6 Å². The Kier molecular flexibility index (Phi) is 6.43. The summed E-state index contributed by atoms with van der Waals surface area (Å²) < 4.78 is 0. The summed E-state index contributed by atoms with van der Waals surface area (Å²) in [6.07, 6.45) is 1.09. The molecule has 0 saturated heterocycles. The molecule has 102 valence electrons. The van der Waals surface area contributed by atoms with E-state index in [1.165, 1.54) is 0 Å². The fourth-order valence-corrected chi connectivity index (χ4v) is 1.53. The van der Waals surface area contributed by atoms with Gasteiger partial charge < -0.3 is 15.5 Å². The van der Waals surface area contributed by atoms with Gasteiger partial charge in [-0.15, -0.1) is 0 Å². The van der Waals surface area contributed by atoms with Crippen LogP contribution in [0.1, 0.15) is 26.1 Å². The highest BCUT2D eigenvalue weighted by Gasteiger charge is 2.01. The zero-order chi connectivity index (χ0) is 13.4. The van der Waals surface area contributed by atoms with E-state index in [2.05, 4.69) is 46.4 Å². The maximum absolute atomic E-state index is 4.38. The molecule has 0 unspecified atom stereocenters. The molecule has 0 fully saturated rings. The number of nitrogens with zero attached hydrogens (tertiary/aromatic N) is 3. The molecule has 18 heavy (non-hydrogen) atoms. The number of aromatic nitrogens is 2. The van der Waals surface area contributed by atoms with Crippen LogP contribution >= 0.6 is 0 Å². The van der Waals surface area contributed by atoms with Crippen molar-refractivity contribution in [3.63, 3.8) is 0 Å². The van der Waals surface area contributed by atoms with Crippen molar-refractivity contribution in [3.05, 3.63) is 11.9 Å². The molecule has 0 aliphatic carbocycles. The smallest absolute Gasteiger partial charge is 0.131 e.